The van der Waals surface area contributed by atoms with Gasteiger partial charge in [0.05, 0.1) is 18.1 Å². The Kier molecular flexibility index (Phi) is 6.78. The van der Waals surface area contributed by atoms with Gasteiger partial charge in [0.1, 0.15) is 5.69 Å². The van der Waals surface area contributed by atoms with Gasteiger partial charge in [-0.05, 0) is 55.1 Å². The highest BCUT2D eigenvalue weighted by atomic mass is 32.1. The molecule has 3 rings (SSSR count). The lowest BCUT2D eigenvalue weighted by Gasteiger charge is -2.27. The Labute approximate surface area is 167 Å². The Bertz CT molecular complexity index is 845. The van der Waals surface area contributed by atoms with Crippen LogP contribution in [-0.2, 0) is 9.53 Å². The first-order valence-electron chi connectivity index (χ1n) is 9.14. The van der Waals surface area contributed by atoms with Crippen LogP contribution in [0.5, 0.6) is 0 Å². The van der Waals surface area contributed by atoms with Gasteiger partial charge in [0.2, 0.25) is 0 Å². The van der Waals surface area contributed by atoms with Crippen LogP contribution >= 0.6 is 11.3 Å². The zero-order valence-corrected chi connectivity index (χ0v) is 16.5. The normalized spacial score (nSPS) is 15.6. The van der Waals surface area contributed by atoms with Gasteiger partial charge in [-0.15, -0.1) is 11.3 Å². The molecule has 148 valence electrons. The number of thiophene rings is 1. The molecule has 1 aromatic heterocycles. The Hall–Kier alpha value is -2.71. The van der Waals surface area contributed by atoms with Crippen molar-refractivity contribution in [3.8, 4) is 0 Å². The molecule has 1 aliphatic rings. The number of anilines is 1. The molecular weight excluding hydrogens is 378 g/mol. The fraction of sp³-hybridized carbons (Fsp3) is 0.350. The summed E-state index contributed by atoms with van der Waals surface area (Å²) in [6.45, 7) is 2.69. The topological polar surface area (TPSA) is 84.7 Å². The van der Waals surface area contributed by atoms with E-state index in [-0.39, 0.29) is 11.7 Å². The zero-order chi connectivity index (χ0) is 19.9. The summed E-state index contributed by atoms with van der Waals surface area (Å²) in [5.41, 5.74) is 1.02. The molecule has 8 heteroatoms. The molecule has 0 amide bonds. The van der Waals surface area contributed by atoms with Crippen LogP contribution in [0.15, 0.2) is 41.8 Å². The van der Waals surface area contributed by atoms with Gasteiger partial charge in [-0.1, -0.05) is 12.1 Å². The molecule has 0 bridgehead atoms. The molecule has 28 heavy (non-hydrogen) atoms. The Morgan fingerprint density at radius 2 is 2.18 bits per heavy atom. The molecule has 0 radical (unpaired) electrons. The van der Waals surface area contributed by atoms with Crippen LogP contribution in [0.1, 0.15) is 29.3 Å². The molecule has 1 fully saturated rings. The van der Waals surface area contributed by atoms with Gasteiger partial charge >= 0.3 is 5.97 Å². The van der Waals surface area contributed by atoms with E-state index >= 15 is 0 Å². The van der Waals surface area contributed by atoms with Crippen molar-refractivity contribution in [2.24, 2.45) is 0 Å². The van der Waals surface area contributed by atoms with E-state index < -0.39 is 10.9 Å². The number of hydrogen-bond donors (Lipinski definition) is 1. The average Bonchev–Trinajstić information content (AvgIpc) is 3.41. The molecule has 1 aliphatic heterocycles. The van der Waals surface area contributed by atoms with E-state index in [0.717, 1.165) is 13.1 Å². The van der Waals surface area contributed by atoms with Gasteiger partial charge < -0.3 is 10.1 Å². The van der Waals surface area contributed by atoms with E-state index in [1.165, 1.54) is 43.0 Å². The lowest BCUT2D eigenvalue weighted by Crippen LogP contribution is -2.30. The van der Waals surface area contributed by atoms with E-state index in [0.29, 0.717) is 17.8 Å². The summed E-state index contributed by atoms with van der Waals surface area (Å²) in [5.74, 6) is -0.505. The predicted molar refractivity (Wildman–Crippen MR) is 111 cm³/mol. The average molecular weight is 401 g/mol. The number of nitrogens with zero attached hydrogens (tertiary/aromatic N) is 2. The van der Waals surface area contributed by atoms with Gasteiger partial charge in [-0.2, -0.15) is 0 Å². The monoisotopic (exact) mass is 401 g/mol. The molecule has 0 spiro atoms. The van der Waals surface area contributed by atoms with Crippen molar-refractivity contribution in [2.75, 3.05) is 32.1 Å². The van der Waals surface area contributed by atoms with Crippen LogP contribution < -0.4 is 5.32 Å². The smallest absolute Gasteiger partial charge is 0.330 e. The van der Waals surface area contributed by atoms with Crippen molar-refractivity contribution in [2.45, 2.75) is 18.9 Å². The molecule has 0 saturated carbocycles. The van der Waals surface area contributed by atoms with Gasteiger partial charge in [-0.3, -0.25) is 15.0 Å². The van der Waals surface area contributed by atoms with Gasteiger partial charge in [-0.25, -0.2) is 4.79 Å². The second-order valence-electron chi connectivity index (χ2n) is 6.55. The molecule has 1 atom stereocenters. The molecule has 1 aromatic carbocycles. The molecule has 1 N–H and O–H groups in total. The molecule has 0 aliphatic carbocycles. The third-order valence-corrected chi connectivity index (χ3v) is 5.74. The Balaban J connectivity index is 1.77. The van der Waals surface area contributed by atoms with E-state index in [9.17, 15) is 14.9 Å². The minimum Gasteiger partial charge on any atom is -0.466 e. The molecule has 7 nitrogen and oxygen atoms in total. The van der Waals surface area contributed by atoms with Crippen molar-refractivity contribution in [3.63, 3.8) is 0 Å². The maximum atomic E-state index is 11.5. The Morgan fingerprint density at radius 3 is 2.82 bits per heavy atom. The number of nitro benzene ring substituents is 1. The van der Waals surface area contributed by atoms with Crippen molar-refractivity contribution < 1.29 is 14.5 Å². The number of ether oxygens (including phenoxy) is 1. The first-order valence-corrected chi connectivity index (χ1v) is 10.0. The number of nitrogens with one attached hydrogen (secondary N) is 1. The molecule has 1 saturated heterocycles. The highest BCUT2D eigenvalue weighted by molar-refractivity contribution is 7.10. The lowest BCUT2D eigenvalue weighted by atomic mass is 10.1. The molecule has 1 unspecified atom stereocenters. The maximum absolute atomic E-state index is 11.5. The standard InChI is InChI=1S/C20H23N3O4S/c1-27-20(24)9-7-15-6-8-16(17(13-15)23(25)26)21-14-18(19-5-4-12-28-19)22-10-2-3-11-22/h4-9,12-13,18,21H,2-3,10-11,14H2,1H3. The third kappa shape index (κ3) is 4.96. The summed E-state index contributed by atoms with van der Waals surface area (Å²) < 4.78 is 4.55. The molecule has 2 heterocycles. The number of nitro groups is 1. The summed E-state index contributed by atoms with van der Waals surface area (Å²) in [7, 11) is 1.28. The summed E-state index contributed by atoms with van der Waals surface area (Å²) >= 11 is 1.71. The van der Waals surface area contributed by atoms with Crippen molar-refractivity contribution >= 4 is 34.8 Å². The zero-order valence-electron chi connectivity index (χ0n) is 15.7. The summed E-state index contributed by atoms with van der Waals surface area (Å²) in [6, 6.07) is 9.23. The summed E-state index contributed by atoms with van der Waals surface area (Å²) in [5, 5.41) is 16.9. The number of esters is 1. The van der Waals surface area contributed by atoms with Crippen LogP contribution in [0.25, 0.3) is 6.08 Å². The second-order valence-corrected chi connectivity index (χ2v) is 7.52. The quantitative estimate of drug-likeness (QED) is 0.310. The SMILES string of the molecule is COC(=O)C=Cc1ccc(NCC(c2cccs2)N2CCCC2)c([N+](=O)[O-])c1. The number of methoxy groups -OCH3 is 1. The maximum Gasteiger partial charge on any atom is 0.330 e. The number of hydrogen-bond acceptors (Lipinski definition) is 7. The fourth-order valence-corrected chi connectivity index (χ4v) is 4.20. The second kappa shape index (κ2) is 9.48. The largest absolute Gasteiger partial charge is 0.466 e. The van der Waals surface area contributed by atoms with Crippen LogP contribution in [0.2, 0.25) is 0 Å². The van der Waals surface area contributed by atoms with Crippen molar-refractivity contribution in [1.82, 2.24) is 4.90 Å². The lowest BCUT2D eigenvalue weighted by molar-refractivity contribution is -0.384. The van der Waals surface area contributed by atoms with Gasteiger partial charge in [0, 0.05) is 23.6 Å². The number of carbonyl (C=O) groups excluding carboxylic acids is 1. The summed E-state index contributed by atoms with van der Waals surface area (Å²) in [6.07, 6.45) is 5.11. The van der Waals surface area contributed by atoms with Crippen LogP contribution in [0.3, 0.4) is 0 Å². The Morgan fingerprint density at radius 1 is 1.39 bits per heavy atom. The first-order chi connectivity index (χ1) is 13.6. The van der Waals surface area contributed by atoms with E-state index in [4.69, 9.17) is 0 Å². The molecule has 2 aromatic rings. The fourth-order valence-electron chi connectivity index (χ4n) is 3.34. The van der Waals surface area contributed by atoms with Crippen molar-refractivity contribution in [3.05, 3.63) is 62.3 Å². The number of likely N-dealkylation sites (tertiary alicyclic amines) is 1. The van der Waals surface area contributed by atoms with Crippen LogP contribution in [0.4, 0.5) is 11.4 Å². The minimum atomic E-state index is -0.505. The number of carbonyl (C=O) groups is 1. The van der Waals surface area contributed by atoms with E-state index in [2.05, 4.69) is 26.4 Å². The summed E-state index contributed by atoms with van der Waals surface area (Å²) in [4.78, 5) is 26.0. The van der Waals surface area contributed by atoms with E-state index in [1.807, 2.05) is 6.07 Å². The van der Waals surface area contributed by atoms with E-state index in [1.54, 1.807) is 23.5 Å². The molecular formula is C20H23N3O4S. The number of rotatable bonds is 8. The first kappa shape index (κ1) is 20.0. The number of benzene rings is 1. The highest BCUT2D eigenvalue weighted by Crippen LogP contribution is 2.31. The minimum absolute atomic E-state index is 0.0154. The van der Waals surface area contributed by atoms with Crippen LogP contribution in [0, 0.1) is 10.1 Å². The predicted octanol–water partition coefficient (Wildman–Crippen LogP) is 4.09. The van der Waals surface area contributed by atoms with Crippen LogP contribution in [-0.4, -0.2) is 42.5 Å². The van der Waals surface area contributed by atoms with Gasteiger partial charge in [0.15, 0.2) is 0 Å². The van der Waals surface area contributed by atoms with Gasteiger partial charge in [0.25, 0.3) is 5.69 Å². The third-order valence-electron chi connectivity index (χ3n) is 4.77. The highest BCUT2D eigenvalue weighted by Gasteiger charge is 2.25. The van der Waals surface area contributed by atoms with Crippen molar-refractivity contribution in [1.29, 1.82) is 0 Å².